The molecule has 0 amide bonds. The van der Waals surface area contributed by atoms with Gasteiger partial charge in [-0.25, -0.2) is 4.68 Å². The van der Waals surface area contributed by atoms with Gasteiger partial charge in [-0.1, -0.05) is 97.4 Å². The molecule has 0 aliphatic heterocycles. The summed E-state index contributed by atoms with van der Waals surface area (Å²) < 4.78 is 2.13. The molecule has 4 heteroatoms. The van der Waals surface area contributed by atoms with Crippen molar-refractivity contribution in [1.29, 1.82) is 0 Å². The van der Waals surface area contributed by atoms with Crippen molar-refractivity contribution >= 4 is 22.8 Å². The summed E-state index contributed by atoms with van der Waals surface area (Å²) in [5.41, 5.74) is 3.26. The maximum atomic E-state index is 4.64. The third-order valence-electron chi connectivity index (χ3n) is 4.82. The van der Waals surface area contributed by atoms with Crippen LogP contribution in [0.1, 0.15) is 31.7 Å². The number of nitrogens with zero attached hydrogens (tertiary/aromatic N) is 3. The van der Waals surface area contributed by atoms with Crippen LogP contribution in [0.15, 0.2) is 89.8 Å². The van der Waals surface area contributed by atoms with Gasteiger partial charge in [0.1, 0.15) is 10.4 Å². The molecule has 4 aromatic rings. The van der Waals surface area contributed by atoms with Gasteiger partial charge >= 0.3 is 0 Å². The summed E-state index contributed by atoms with van der Waals surface area (Å²) in [5.74, 6) is 0. The average molecular weight is 374 g/mol. The van der Waals surface area contributed by atoms with Gasteiger partial charge in [-0.15, -0.1) is 5.10 Å². The second-order valence-electron chi connectivity index (χ2n) is 6.66. The molecule has 0 spiro atoms. The molecule has 0 aliphatic carbocycles. The van der Waals surface area contributed by atoms with Crippen LogP contribution in [0, 0.1) is 0 Å². The summed E-state index contributed by atoms with van der Waals surface area (Å²) in [6.07, 6.45) is 3.24. The van der Waals surface area contributed by atoms with Gasteiger partial charge < -0.3 is 0 Å². The zero-order valence-electron chi connectivity index (χ0n) is 15.5. The van der Waals surface area contributed by atoms with Crippen LogP contribution < -0.4 is 0 Å². The minimum Gasteiger partial charge on any atom is -0.224 e. The van der Waals surface area contributed by atoms with Crippen molar-refractivity contribution in [2.45, 2.75) is 36.0 Å². The van der Waals surface area contributed by atoms with Crippen LogP contribution in [-0.4, -0.2) is 15.0 Å². The minimum absolute atomic E-state index is 0.339. The first-order valence-corrected chi connectivity index (χ1v) is 10.3. The highest BCUT2D eigenvalue weighted by molar-refractivity contribution is 8.00. The number of fused-ring (bicyclic) bond motifs is 1. The van der Waals surface area contributed by atoms with Crippen molar-refractivity contribution < 1.29 is 0 Å². The van der Waals surface area contributed by atoms with Crippen molar-refractivity contribution in [1.82, 2.24) is 15.0 Å². The summed E-state index contributed by atoms with van der Waals surface area (Å²) in [4.78, 5) is 0.895. The van der Waals surface area contributed by atoms with Gasteiger partial charge in [0.25, 0.3) is 0 Å². The Morgan fingerprint density at radius 1 is 0.852 bits per heavy atom. The Morgan fingerprint density at radius 2 is 1.52 bits per heavy atom. The van der Waals surface area contributed by atoms with E-state index in [1.807, 2.05) is 23.9 Å². The van der Waals surface area contributed by atoms with E-state index in [4.69, 9.17) is 0 Å². The SMILES string of the molecule is CCCCC(Sc1ccccc1)(c1ccccc1)n1nnc2ccccc21. The molecule has 1 atom stereocenters. The van der Waals surface area contributed by atoms with Crippen molar-refractivity contribution in [2.24, 2.45) is 0 Å². The molecule has 0 saturated carbocycles. The van der Waals surface area contributed by atoms with Gasteiger partial charge in [0, 0.05) is 4.90 Å². The highest BCUT2D eigenvalue weighted by Crippen LogP contribution is 2.47. The molecule has 27 heavy (non-hydrogen) atoms. The van der Waals surface area contributed by atoms with E-state index in [0.29, 0.717) is 0 Å². The van der Waals surface area contributed by atoms with E-state index in [1.165, 1.54) is 10.5 Å². The predicted octanol–water partition coefficient (Wildman–Crippen LogP) is 6.11. The van der Waals surface area contributed by atoms with Crippen LogP contribution >= 0.6 is 11.8 Å². The Balaban J connectivity index is 1.94. The highest BCUT2D eigenvalue weighted by Gasteiger charge is 2.37. The van der Waals surface area contributed by atoms with Crippen LogP contribution in [0.4, 0.5) is 0 Å². The van der Waals surface area contributed by atoms with Crippen LogP contribution in [-0.2, 0) is 4.87 Å². The highest BCUT2D eigenvalue weighted by atomic mass is 32.2. The van der Waals surface area contributed by atoms with Gasteiger partial charge in [-0.3, -0.25) is 0 Å². The molecule has 1 aromatic heterocycles. The fourth-order valence-electron chi connectivity index (χ4n) is 3.46. The van der Waals surface area contributed by atoms with Crippen molar-refractivity contribution in [3.63, 3.8) is 0 Å². The smallest absolute Gasteiger partial charge is 0.140 e. The molecule has 0 saturated heterocycles. The third kappa shape index (κ3) is 3.50. The van der Waals surface area contributed by atoms with E-state index >= 15 is 0 Å². The van der Waals surface area contributed by atoms with E-state index in [-0.39, 0.29) is 4.87 Å². The second-order valence-corrected chi connectivity index (χ2v) is 8.01. The first-order valence-electron chi connectivity index (χ1n) is 9.44. The number of unbranched alkanes of at least 4 members (excludes halogenated alkanes) is 1. The van der Waals surface area contributed by atoms with Gasteiger partial charge in [-0.2, -0.15) is 0 Å². The number of para-hydroxylation sites is 1. The van der Waals surface area contributed by atoms with E-state index < -0.39 is 0 Å². The molecule has 1 heterocycles. The molecule has 0 radical (unpaired) electrons. The van der Waals surface area contributed by atoms with Crippen LogP contribution in [0.25, 0.3) is 11.0 Å². The molecule has 0 aliphatic rings. The Bertz CT molecular complexity index is 998. The molecule has 0 N–H and O–H groups in total. The number of aromatic nitrogens is 3. The summed E-state index contributed by atoms with van der Waals surface area (Å²) in [6, 6.07) is 29.5. The maximum Gasteiger partial charge on any atom is 0.140 e. The Hall–Kier alpha value is -2.59. The minimum atomic E-state index is -0.339. The summed E-state index contributed by atoms with van der Waals surface area (Å²) in [6.45, 7) is 2.24. The molecule has 0 bridgehead atoms. The molecule has 3 nitrogen and oxygen atoms in total. The van der Waals surface area contributed by atoms with Gasteiger partial charge in [0.15, 0.2) is 0 Å². The Morgan fingerprint density at radius 3 is 2.26 bits per heavy atom. The van der Waals surface area contributed by atoms with E-state index in [9.17, 15) is 0 Å². The Kier molecular flexibility index (Phi) is 5.26. The van der Waals surface area contributed by atoms with Crippen LogP contribution in [0.2, 0.25) is 0 Å². The fourth-order valence-corrected chi connectivity index (χ4v) is 4.86. The third-order valence-corrected chi connectivity index (χ3v) is 6.28. The number of rotatable bonds is 7. The largest absolute Gasteiger partial charge is 0.224 e. The lowest BCUT2D eigenvalue weighted by molar-refractivity contribution is 0.426. The Labute approximate surface area is 164 Å². The summed E-state index contributed by atoms with van der Waals surface area (Å²) >= 11 is 1.86. The molecule has 136 valence electrons. The van der Waals surface area contributed by atoms with Gasteiger partial charge in [-0.05, 0) is 36.2 Å². The molecule has 4 rings (SSSR count). The van der Waals surface area contributed by atoms with Gasteiger partial charge in [0.2, 0.25) is 0 Å². The lowest BCUT2D eigenvalue weighted by Gasteiger charge is -2.34. The quantitative estimate of drug-likeness (QED) is 0.366. The molecular weight excluding hydrogens is 350 g/mol. The lowest BCUT2D eigenvalue weighted by atomic mass is 10.00. The number of hydrogen-bond donors (Lipinski definition) is 0. The second kappa shape index (κ2) is 7.97. The predicted molar refractivity (Wildman–Crippen MR) is 113 cm³/mol. The van der Waals surface area contributed by atoms with Gasteiger partial charge in [0.05, 0.1) is 5.52 Å². The number of thioether (sulfide) groups is 1. The number of benzene rings is 3. The lowest BCUT2D eigenvalue weighted by Crippen LogP contribution is -2.32. The normalized spacial score (nSPS) is 13.5. The fraction of sp³-hybridized carbons (Fsp3) is 0.217. The van der Waals surface area contributed by atoms with Crippen molar-refractivity contribution in [3.05, 3.63) is 90.5 Å². The van der Waals surface area contributed by atoms with E-state index in [2.05, 4.69) is 94.7 Å². The monoisotopic (exact) mass is 373 g/mol. The maximum absolute atomic E-state index is 4.64. The molecule has 0 fully saturated rings. The first kappa shape index (κ1) is 17.8. The topological polar surface area (TPSA) is 30.7 Å². The first-order chi connectivity index (χ1) is 13.3. The zero-order chi connectivity index (χ0) is 18.5. The molecule has 3 aromatic carbocycles. The molecule has 1 unspecified atom stereocenters. The van der Waals surface area contributed by atoms with Crippen molar-refractivity contribution in [3.8, 4) is 0 Å². The van der Waals surface area contributed by atoms with E-state index in [1.54, 1.807) is 0 Å². The average Bonchev–Trinajstić information content (AvgIpc) is 3.17. The van der Waals surface area contributed by atoms with Crippen molar-refractivity contribution in [2.75, 3.05) is 0 Å². The summed E-state index contributed by atoms with van der Waals surface area (Å²) in [7, 11) is 0. The van der Waals surface area contributed by atoms with E-state index in [0.717, 1.165) is 30.3 Å². The van der Waals surface area contributed by atoms with Crippen LogP contribution in [0.5, 0.6) is 0 Å². The summed E-state index contributed by atoms with van der Waals surface area (Å²) in [5, 5.41) is 9.10. The van der Waals surface area contributed by atoms with Crippen LogP contribution in [0.3, 0.4) is 0 Å². The number of hydrogen-bond acceptors (Lipinski definition) is 3. The zero-order valence-corrected chi connectivity index (χ0v) is 16.3. The standard InChI is InChI=1S/C23H23N3S/c1-2-3-18-23(19-12-6-4-7-13-19,27-20-14-8-5-9-15-20)26-22-17-11-10-16-21(22)24-25-26/h4-17H,2-3,18H2,1H3. The molecular formula is C23H23N3S.